The van der Waals surface area contributed by atoms with Crippen LogP contribution >= 0.6 is 0 Å². The van der Waals surface area contributed by atoms with Gasteiger partial charge >= 0.3 is 0 Å². The van der Waals surface area contributed by atoms with Crippen LogP contribution in [0.5, 0.6) is 11.6 Å². The van der Waals surface area contributed by atoms with Gasteiger partial charge in [0.2, 0.25) is 17.7 Å². The van der Waals surface area contributed by atoms with Crippen LogP contribution < -0.4 is 14.8 Å². The average Bonchev–Trinajstić information content (AvgIpc) is 3.68. The predicted molar refractivity (Wildman–Crippen MR) is 224 cm³/mol. The lowest BCUT2D eigenvalue weighted by atomic mass is 9.89. The van der Waals surface area contributed by atoms with Crippen molar-refractivity contribution in [1.29, 1.82) is 0 Å². The highest BCUT2D eigenvalue weighted by Crippen LogP contribution is 2.35. The van der Waals surface area contributed by atoms with E-state index in [1.54, 1.807) is 18.2 Å². The highest BCUT2D eigenvalue weighted by Gasteiger charge is 2.45. The first-order valence-electron chi connectivity index (χ1n) is 21.3. The third-order valence-corrected chi connectivity index (χ3v) is 13.2. The molecule has 15 heteroatoms. The molecule has 1 spiro atoms. The van der Waals surface area contributed by atoms with Crippen molar-refractivity contribution in [2.45, 2.75) is 62.4 Å². The molecule has 4 amide bonds. The van der Waals surface area contributed by atoms with Gasteiger partial charge < -0.3 is 28.4 Å². The molecule has 1 N–H and O–H groups in total. The number of aromatic nitrogens is 3. The number of fused-ring (bicyclic) bond motifs is 4. The van der Waals surface area contributed by atoms with Gasteiger partial charge in [0, 0.05) is 112 Å². The van der Waals surface area contributed by atoms with Gasteiger partial charge in [-0.1, -0.05) is 12.1 Å². The minimum Gasteiger partial charge on any atom is -0.492 e. The summed E-state index contributed by atoms with van der Waals surface area (Å²) in [5, 5.41) is 4.57. The molecule has 2 aromatic carbocycles. The highest BCUT2D eigenvalue weighted by molar-refractivity contribution is 6.23. The van der Waals surface area contributed by atoms with E-state index < -0.39 is 29.7 Å². The topological polar surface area (TPSA) is 158 Å². The van der Waals surface area contributed by atoms with E-state index in [2.05, 4.69) is 61.0 Å². The number of piperidine rings is 2. The van der Waals surface area contributed by atoms with E-state index in [1.165, 1.54) is 5.39 Å². The number of likely N-dealkylation sites (tertiary alicyclic amines) is 1. The van der Waals surface area contributed by atoms with E-state index in [0.29, 0.717) is 38.0 Å². The van der Waals surface area contributed by atoms with E-state index in [1.807, 2.05) is 30.7 Å². The molecule has 1 aliphatic carbocycles. The fourth-order valence-corrected chi connectivity index (χ4v) is 9.56. The Hall–Kier alpha value is -5.74. The lowest BCUT2D eigenvalue weighted by Gasteiger charge is -2.47. The number of carbonyl (C=O) groups excluding carboxylic acids is 4. The van der Waals surface area contributed by atoms with Crippen molar-refractivity contribution in [3.05, 3.63) is 84.3 Å². The highest BCUT2D eigenvalue weighted by atomic mass is 16.5. The van der Waals surface area contributed by atoms with E-state index in [0.717, 1.165) is 90.9 Å². The second-order valence-electron chi connectivity index (χ2n) is 16.9. The van der Waals surface area contributed by atoms with Crippen LogP contribution in [0.15, 0.2) is 73.2 Å². The number of morpholine rings is 1. The number of imide groups is 2. The summed E-state index contributed by atoms with van der Waals surface area (Å²) in [5.74, 6) is -0.979. The molecule has 0 radical (unpaired) electrons. The predicted octanol–water partition coefficient (Wildman–Crippen LogP) is 4.36. The molecular weight excluding hydrogens is 779 g/mol. The summed E-state index contributed by atoms with van der Waals surface area (Å²) in [6.07, 6.45) is 9.78. The number of nitrogens with zero attached hydrogens (tertiary/aromatic N) is 6. The molecule has 3 saturated heterocycles. The van der Waals surface area contributed by atoms with Crippen molar-refractivity contribution in [2.75, 3.05) is 59.1 Å². The number of amides is 4. The SMILES string of the molecule is Cn1c2ccncc2c2ccc(-c3ccc(OC4CC(OCCN5CCC6(CC5)CN(CCOc5ccc7c(c5)C(=O)N(C5CCC(=O)NC5=O)C7=O)CCO6)C4)nc3)cc21. The van der Waals surface area contributed by atoms with E-state index >= 15 is 0 Å². The molecule has 1 saturated carbocycles. The zero-order chi connectivity index (χ0) is 41.7. The molecule has 0 bridgehead atoms. The molecule has 4 aliphatic heterocycles. The van der Waals surface area contributed by atoms with Gasteiger partial charge in [0.05, 0.1) is 41.6 Å². The second kappa shape index (κ2) is 16.3. The molecular formula is C46H49N7O8. The third kappa shape index (κ3) is 7.75. The summed E-state index contributed by atoms with van der Waals surface area (Å²) in [5.41, 5.74) is 4.75. The molecule has 3 aromatic heterocycles. The molecule has 10 rings (SSSR count). The number of carbonyl (C=O) groups is 4. The van der Waals surface area contributed by atoms with Gasteiger partial charge in [-0.25, -0.2) is 4.98 Å². The number of hydrogen-bond acceptors (Lipinski definition) is 12. The van der Waals surface area contributed by atoms with Gasteiger partial charge in [-0.2, -0.15) is 0 Å². The number of hydrogen-bond donors (Lipinski definition) is 1. The number of ether oxygens (including phenoxy) is 4. The number of nitrogens with one attached hydrogen (secondary N) is 1. The summed E-state index contributed by atoms with van der Waals surface area (Å²) < 4.78 is 27.1. The summed E-state index contributed by atoms with van der Waals surface area (Å²) >= 11 is 0. The number of aryl methyl sites for hydroxylation is 1. The van der Waals surface area contributed by atoms with Crippen LogP contribution in [0.25, 0.3) is 32.9 Å². The maximum Gasteiger partial charge on any atom is 0.262 e. The molecule has 1 atom stereocenters. The van der Waals surface area contributed by atoms with Gasteiger partial charge in [0.15, 0.2) is 0 Å². The summed E-state index contributed by atoms with van der Waals surface area (Å²) in [4.78, 5) is 65.0. The molecule has 316 valence electrons. The zero-order valence-electron chi connectivity index (χ0n) is 34.2. The van der Waals surface area contributed by atoms with Crippen molar-refractivity contribution in [3.8, 4) is 22.8 Å². The first-order valence-corrected chi connectivity index (χ1v) is 21.3. The van der Waals surface area contributed by atoms with Gasteiger partial charge in [0.25, 0.3) is 11.8 Å². The Kier molecular flexibility index (Phi) is 10.5. The lowest BCUT2D eigenvalue weighted by molar-refractivity contribution is -0.139. The Morgan fingerprint density at radius 1 is 0.820 bits per heavy atom. The van der Waals surface area contributed by atoms with E-state index in [-0.39, 0.29) is 41.8 Å². The van der Waals surface area contributed by atoms with Crippen molar-refractivity contribution >= 4 is 45.4 Å². The van der Waals surface area contributed by atoms with Crippen molar-refractivity contribution in [1.82, 2.24) is 34.6 Å². The van der Waals surface area contributed by atoms with Crippen molar-refractivity contribution in [3.63, 3.8) is 0 Å². The number of benzene rings is 2. The standard InChI is InChI=1S/C46H49N7O8/c1-50-38-10-13-47-27-37(38)34-5-2-29(22-40(34)50)30-3-9-42(48-26-30)61-33-23-32(24-33)59-19-16-51-14-11-46(12-15-51)28-52(18-21-60-46)17-20-58-31-4-6-35-36(25-31)45(57)53(44(35)56)39-7-8-41(54)49-43(39)55/h2-6,9-10,13,22,25-27,32-33,39H,7-8,11-12,14-21,23-24,28H2,1H3,(H,49,54,55). The molecule has 4 fully saturated rings. The van der Waals surface area contributed by atoms with Crippen LogP contribution in [0, 0.1) is 0 Å². The van der Waals surface area contributed by atoms with Crippen LogP contribution in [0.4, 0.5) is 0 Å². The first kappa shape index (κ1) is 39.4. The summed E-state index contributed by atoms with van der Waals surface area (Å²) in [7, 11) is 2.09. The smallest absolute Gasteiger partial charge is 0.262 e. The zero-order valence-corrected chi connectivity index (χ0v) is 34.2. The molecule has 5 aliphatic rings. The lowest BCUT2D eigenvalue weighted by Crippen LogP contribution is -2.57. The fourth-order valence-electron chi connectivity index (χ4n) is 9.56. The normalized spacial score (nSPS) is 23.1. The van der Waals surface area contributed by atoms with Crippen LogP contribution in [0.3, 0.4) is 0 Å². The van der Waals surface area contributed by atoms with Crippen molar-refractivity contribution < 1.29 is 38.1 Å². The maximum absolute atomic E-state index is 13.2. The van der Waals surface area contributed by atoms with Crippen LogP contribution in [-0.4, -0.2) is 136 Å². The number of pyridine rings is 2. The minimum atomic E-state index is -0.997. The second-order valence-corrected chi connectivity index (χ2v) is 16.9. The van der Waals surface area contributed by atoms with E-state index in [9.17, 15) is 19.2 Å². The summed E-state index contributed by atoms with van der Waals surface area (Å²) in [6.45, 7) is 6.92. The Bertz CT molecular complexity index is 2510. The van der Waals surface area contributed by atoms with Gasteiger partial charge in [-0.15, -0.1) is 0 Å². The Labute approximate surface area is 352 Å². The third-order valence-electron chi connectivity index (χ3n) is 13.2. The van der Waals surface area contributed by atoms with Crippen LogP contribution in [0.2, 0.25) is 0 Å². The van der Waals surface area contributed by atoms with Crippen molar-refractivity contribution in [2.24, 2.45) is 7.05 Å². The number of rotatable bonds is 12. The van der Waals surface area contributed by atoms with Gasteiger partial charge in [0.1, 0.15) is 24.5 Å². The quantitative estimate of drug-likeness (QED) is 0.178. The Morgan fingerprint density at radius 3 is 2.46 bits per heavy atom. The minimum absolute atomic E-state index is 0.0780. The molecule has 5 aromatic rings. The van der Waals surface area contributed by atoms with Gasteiger partial charge in [-0.3, -0.25) is 39.3 Å². The fraction of sp³-hybridized carbons (Fsp3) is 0.435. The maximum atomic E-state index is 13.2. The molecule has 1 unspecified atom stereocenters. The molecule has 61 heavy (non-hydrogen) atoms. The summed E-state index contributed by atoms with van der Waals surface area (Å²) in [6, 6.07) is 16.4. The first-order chi connectivity index (χ1) is 29.7. The Balaban J connectivity index is 0.627. The van der Waals surface area contributed by atoms with Gasteiger partial charge in [-0.05, 0) is 61.2 Å². The van der Waals surface area contributed by atoms with Crippen LogP contribution in [-0.2, 0) is 26.1 Å². The Morgan fingerprint density at radius 2 is 1.64 bits per heavy atom. The monoisotopic (exact) mass is 827 g/mol. The average molecular weight is 828 g/mol. The molecule has 7 heterocycles. The van der Waals surface area contributed by atoms with E-state index in [4.69, 9.17) is 18.9 Å². The largest absolute Gasteiger partial charge is 0.492 e. The molecule has 15 nitrogen and oxygen atoms in total. The van der Waals surface area contributed by atoms with Crippen LogP contribution in [0.1, 0.15) is 59.2 Å².